The third-order valence-corrected chi connectivity index (χ3v) is 3.87. The van der Waals surface area contributed by atoms with Crippen LogP contribution in [-0.2, 0) is 16.2 Å². The van der Waals surface area contributed by atoms with Gasteiger partial charge < -0.3 is 9.52 Å². The number of oxazole rings is 1. The van der Waals surface area contributed by atoms with Gasteiger partial charge in [-0.05, 0) is 6.92 Å². The van der Waals surface area contributed by atoms with Gasteiger partial charge in [0.25, 0.3) is 0 Å². The molecule has 1 aromatic heterocycles. The van der Waals surface area contributed by atoms with Gasteiger partial charge in [-0.1, -0.05) is 20.8 Å². The fourth-order valence-electron chi connectivity index (χ4n) is 1.20. The topological polar surface area (TPSA) is 63.3 Å². The molecule has 1 N–H and O–H groups in total. The second-order valence-electron chi connectivity index (χ2n) is 4.76. The lowest BCUT2D eigenvalue weighted by Crippen LogP contribution is -2.11. The number of nitrogens with zero attached hydrogens (tertiary/aromatic N) is 1. The molecule has 0 aliphatic rings. The maximum atomic E-state index is 11.7. The van der Waals surface area contributed by atoms with Crippen LogP contribution >= 0.6 is 0 Å². The van der Waals surface area contributed by atoms with Gasteiger partial charge in [-0.2, -0.15) is 0 Å². The van der Waals surface area contributed by atoms with Gasteiger partial charge in [-0.3, -0.25) is 4.21 Å². The van der Waals surface area contributed by atoms with Crippen molar-refractivity contribution < 1.29 is 13.7 Å². The van der Waals surface area contributed by atoms with Gasteiger partial charge >= 0.3 is 0 Å². The minimum atomic E-state index is -1.14. The van der Waals surface area contributed by atoms with Crippen molar-refractivity contribution >= 4 is 10.8 Å². The van der Waals surface area contributed by atoms with Gasteiger partial charge in [0.05, 0.1) is 12.8 Å². The quantitative estimate of drug-likeness (QED) is 0.878. The van der Waals surface area contributed by atoms with Crippen LogP contribution in [0.2, 0.25) is 0 Å². The maximum absolute atomic E-state index is 11.7. The monoisotopic (exact) mass is 245 g/mol. The molecular formula is C11H19NO3S. The highest BCUT2D eigenvalue weighted by atomic mass is 32.2. The van der Waals surface area contributed by atoms with Crippen molar-refractivity contribution in [2.45, 2.75) is 38.4 Å². The van der Waals surface area contributed by atoms with E-state index >= 15 is 0 Å². The van der Waals surface area contributed by atoms with Crippen LogP contribution in [0.1, 0.15) is 44.6 Å². The minimum absolute atomic E-state index is 0.0796. The second kappa shape index (κ2) is 5.10. The fraction of sp³-hybridized carbons (Fsp3) is 0.727. The van der Waals surface area contributed by atoms with Gasteiger partial charge in [0.1, 0.15) is 11.0 Å². The average molecular weight is 245 g/mol. The summed E-state index contributed by atoms with van der Waals surface area (Å²) < 4.78 is 17.2. The van der Waals surface area contributed by atoms with E-state index in [-0.39, 0.29) is 23.0 Å². The Kier molecular flexibility index (Phi) is 4.27. The standard InChI is InChI=1S/C11H19NO3S/c1-8(16(14)6-5-13)10-12-7-9(15-10)11(2,3)4/h7-8,13H,5-6H2,1-4H3/t8-,16+/m0/s1. The summed E-state index contributed by atoms with van der Waals surface area (Å²) in [6.07, 6.45) is 1.68. The van der Waals surface area contributed by atoms with Crippen molar-refractivity contribution in [2.75, 3.05) is 12.4 Å². The average Bonchev–Trinajstić information content (AvgIpc) is 2.65. The van der Waals surface area contributed by atoms with E-state index in [0.29, 0.717) is 5.89 Å². The second-order valence-corrected chi connectivity index (χ2v) is 6.64. The van der Waals surface area contributed by atoms with Gasteiger partial charge in [-0.15, -0.1) is 0 Å². The predicted octanol–water partition coefficient (Wildman–Crippen LogP) is 1.77. The zero-order valence-corrected chi connectivity index (χ0v) is 11.0. The molecular weight excluding hydrogens is 226 g/mol. The smallest absolute Gasteiger partial charge is 0.209 e. The van der Waals surface area contributed by atoms with Gasteiger partial charge in [0.2, 0.25) is 5.89 Å². The lowest BCUT2D eigenvalue weighted by Gasteiger charge is -2.13. The Morgan fingerprint density at radius 3 is 2.62 bits per heavy atom. The maximum Gasteiger partial charge on any atom is 0.209 e. The molecule has 0 spiro atoms. The summed E-state index contributed by atoms with van der Waals surface area (Å²) in [7, 11) is -1.14. The summed E-state index contributed by atoms with van der Waals surface area (Å²) in [5, 5.41) is 8.45. The van der Waals surface area contributed by atoms with Gasteiger partial charge in [0.15, 0.2) is 0 Å². The molecule has 4 nitrogen and oxygen atoms in total. The number of aliphatic hydroxyl groups is 1. The largest absolute Gasteiger partial charge is 0.444 e. The van der Waals surface area contributed by atoms with Crippen molar-refractivity contribution in [1.82, 2.24) is 4.98 Å². The van der Waals surface area contributed by atoms with Crippen molar-refractivity contribution in [3.8, 4) is 0 Å². The summed E-state index contributed by atoms with van der Waals surface area (Å²) in [5.74, 6) is 1.53. The molecule has 0 unspecified atom stereocenters. The first kappa shape index (κ1) is 13.4. The highest BCUT2D eigenvalue weighted by Gasteiger charge is 2.23. The van der Waals surface area contributed by atoms with Crippen LogP contribution in [0.15, 0.2) is 10.6 Å². The van der Waals surface area contributed by atoms with E-state index < -0.39 is 10.8 Å². The molecule has 16 heavy (non-hydrogen) atoms. The van der Waals surface area contributed by atoms with Gasteiger partial charge in [0, 0.05) is 22.0 Å². The van der Waals surface area contributed by atoms with Crippen LogP contribution < -0.4 is 0 Å². The molecule has 1 heterocycles. The lowest BCUT2D eigenvalue weighted by atomic mass is 9.94. The van der Waals surface area contributed by atoms with Crippen molar-refractivity contribution in [3.63, 3.8) is 0 Å². The van der Waals surface area contributed by atoms with Crippen molar-refractivity contribution in [1.29, 1.82) is 0 Å². The highest BCUT2D eigenvalue weighted by Crippen LogP contribution is 2.26. The molecule has 0 fully saturated rings. The van der Waals surface area contributed by atoms with E-state index in [1.54, 1.807) is 13.1 Å². The molecule has 0 aromatic carbocycles. The molecule has 0 saturated heterocycles. The number of hydrogen-bond donors (Lipinski definition) is 1. The summed E-state index contributed by atoms with van der Waals surface area (Å²) in [4.78, 5) is 4.14. The van der Waals surface area contributed by atoms with E-state index in [1.807, 2.05) is 20.8 Å². The van der Waals surface area contributed by atoms with Crippen LogP contribution in [0.5, 0.6) is 0 Å². The van der Waals surface area contributed by atoms with Crippen LogP contribution in [0.25, 0.3) is 0 Å². The molecule has 1 rings (SSSR count). The summed E-state index contributed by atoms with van der Waals surface area (Å²) in [6.45, 7) is 7.82. The molecule has 5 heteroatoms. The Balaban J connectivity index is 2.82. The molecule has 0 aliphatic heterocycles. The van der Waals surface area contributed by atoms with Crippen LogP contribution in [0, 0.1) is 0 Å². The van der Waals surface area contributed by atoms with E-state index in [1.165, 1.54) is 0 Å². The summed E-state index contributed by atoms with van der Waals surface area (Å²) in [5.41, 5.74) is -0.0938. The van der Waals surface area contributed by atoms with E-state index in [9.17, 15) is 4.21 Å². The number of aromatic nitrogens is 1. The van der Waals surface area contributed by atoms with Crippen LogP contribution in [0.3, 0.4) is 0 Å². The molecule has 1 aromatic rings. The first-order valence-corrected chi connectivity index (χ1v) is 6.68. The lowest BCUT2D eigenvalue weighted by molar-refractivity contribution is 0.320. The third kappa shape index (κ3) is 3.15. The summed E-state index contributed by atoms with van der Waals surface area (Å²) in [6, 6.07) is 0. The molecule has 0 radical (unpaired) electrons. The number of hydrogen-bond acceptors (Lipinski definition) is 4. The predicted molar refractivity (Wildman–Crippen MR) is 63.7 cm³/mol. The fourth-order valence-corrected chi connectivity index (χ4v) is 2.07. The molecule has 0 amide bonds. The molecule has 0 saturated carbocycles. The van der Waals surface area contributed by atoms with E-state index in [2.05, 4.69) is 4.98 Å². The Labute approximate surface area is 98.5 Å². The first-order chi connectivity index (χ1) is 7.36. The normalized spacial score (nSPS) is 16.1. The number of rotatable bonds is 4. The zero-order valence-electron chi connectivity index (χ0n) is 10.2. The Bertz CT molecular complexity index is 368. The molecule has 0 bridgehead atoms. The van der Waals surface area contributed by atoms with E-state index in [4.69, 9.17) is 9.52 Å². The molecule has 92 valence electrons. The third-order valence-electron chi connectivity index (χ3n) is 2.30. The highest BCUT2D eigenvalue weighted by molar-refractivity contribution is 7.85. The van der Waals surface area contributed by atoms with Crippen molar-refractivity contribution in [3.05, 3.63) is 17.8 Å². The molecule has 0 aliphatic carbocycles. The van der Waals surface area contributed by atoms with Crippen LogP contribution in [0.4, 0.5) is 0 Å². The summed E-state index contributed by atoms with van der Waals surface area (Å²) >= 11 is 0. The van der Waals surface area contributed by atoms with Crippen LogP contribution in [-0.4, -0.2) is 26.7 Å². The Hall–Kier alpha value is -0.680. The molecule has 2 atom stereocenters. The number of aliphatic hydroxyl groups excluding tert-OH is 1. The Morgan fingerprint density at radius 1 is 1.56 bits per heavy atom. The van der Waals surface area contributed by atoms with Crippen molar-refractivity contribution in [2.24, 2.45) is 0 Å². The minimum Gasteiger partial charge on any atom is -0.444 e. The SMILES string of the molecule is C[C@@H](c1ncc(C(C)(C)C)o1)[S@](=O)CCO. The Morgan fingerprint density at radius 2 is 2.19 bits per heavy atom. The zero-order chi connectivity index (χ0) is 12.3. The van der Waals surface area contributed by atoms with Gasteiger partial charge in [-0.25, -0.2) is 4.98 Å². The first-order valence-electron chi connectivity index (χ1n) is 5.30. The van der Waals surface area contributed by atoms with E-state index in [0.717, 1.165) is 5.76 Å².